The average molecular weight is 667 g/mol. The number of esters is 1. The zero-order valence-corrected chi connectivity index (χ0v) is 27.2. The summed E-state index contributed by atoms with van der Waals surface area (Å²) in [4.78, 5) is 14.9. The molecule has 2 heterocycles. The number of para-hydroxylation sites is 1. The number of thioether (sulfide) groups is 1. The number of carbonyl (C=O) groups is 1. The van der Waals surface area contributed by atoms with E-state index in [1.807, 2.05) is 61.6 Å². The first-order chi connectivity index (χ1) is 21.4. The standard InChI is InChI=1S/C32H31N3O7S3/c1-34-17-15-24(27-7-4-5-8-28(27)34)19-25(22-9-11-23(12-10-22)32(36)42-3)20-31-35(2)29-21-26(13-14-30(29)43-31)45(40,41)33-16-6-18-44(37,38)39/h4-5,7-15,17,19-21,33H,6,16,18H2,1-3H3/p+1. The number of rotatable bonds is 10. The highest BCUT2D eigenvalue weighted by Crippen LogP contribution is 2.47. The molecule has 3 aromatic carbocycles. The fourth-order valence-corrected chi connectivity index (χ4v) is 7.61. The minimum atomic E-state index is -4.18. The van der Waals surface area contributed by atoms with Crippen molar-refractivity contribution in [2.45, 2.75) is 16.2 Å². The van der Waals surface area contributed by atoms with Gasteiger partial charge in [-0.25, -0.2) is 22.5 Å². The Balaban J connectivity index is 1.50. The van der Waals surface area contributed by atoms with Gasteiger partial charge in [-0.2, -0.15) is 8.42 Å². The summed E-state index contributed by atoms with van der Waals surface area (Å²) in [6.45, 7) is -0.135. The number of carbonyl (C=O) groups excluding carboxylic acids is 1. The molecule has 0 fully saturated rings. The first kappa shape index (κ1) is 32.4. The highest BCUT2D eigenvalue weighted by Gasteiger charge is 2.26. The molecule has 0 amide bonds. The molecule has 4 aromatic rings. The molecule has 1 aliphatic rings. The molecule has 0 atom stereocenters. The van der Waals surface area contributed by atoms with Crippen molar-refractivity contribution in [3.8, 4) is 0 Å². The topological polar surface area (TPSA) is 134 Å². The predicted octanol–water partition coefficient (Wildman–Crippen LogP) is 4.63. The number of pyridine rings is 1. The van der Waals surface area contributed by atoms with Crippen LogP contribution in [0.4, 0.5) is 5.69 Å². The second kappa shape index (κ2) is 13.2. The molecule has 0 radical (unpaired) electrons. The van der Waals surface area contributed by atoms with Crippen LogP contribution in [-0.2, 0) is 31.9 Å². The van der Waals surface area contributed by atoms with Gasteiger partial charge in [0.2, 0.25) is 15.5 Å². The van der Waals surface area contributed by atoms with Crippen LogP contribution >= 0.6 is 11.8 Å². The molecular formula is C32H32N3O7S3+. The van der Waals surface area contributed by atoms with E-state index in [4.69, 9.17) is 9.29 Å². The van der Waals surface area contributed by atoms with Gasteiger partial charge in [-0.05, 0) is 71.7 Å². The van der Waals surface area contributed by atoms with Crippen molar-refractivity contribution in [3.63, 3.8) is 0 Å². The van der Waals surface area contributed by atoms with Crippen LogP contribution in [0.3, 0.4) is 0 Å². The van der Waals surface area contributed by atoms with Crippen LogP contribution in [0.5, 0.6) is 0 Å². The Morgan fingerprint density at radius 2 is 1.73 bits per heavy atom. The number of methoxy groups -OCH3 is 1. The monoisotopic (exact) mass is 666 g/mol. The van der Waals surface area contributed by atoms with Gasteiger partial charge in [0.15, 0.2) is 6.20 Å². The number of nitrogens with one attached hydrogen (secondary N) is 1. The lowest BCUT2D eigenvalue weighted by Gasteiger charge is -2.16. The zero-order chi connectivity index (χ0) is 32.4. The molecule has 45 heavy (non-hydrogen) atoms. The molecule has 0 bridgehead atoms. The van der Waals surface area contributed by atoms with E-state index in [1.165, 1.54) is 24.9 Å². The predicted molar refractivity (Wildman–Crippen MR) is 176 cm³/mol. The minimum Gasteiger partial charge on any atom is -0.465 e. The summed E-state index contributed by atoms with van der Waals surface area (Å²) >= 11 is 1.50. The molecule has 0 saturated heterocycles. The van der Waals surface area contributed by atoms with Crippen molar-refractivity contribution in [2.24, 2.45) is 7.05 Å². The average Bonchev–Trinajstić information content (AvgIpc) is 3.33. The van der Waals surface area contributed by atoms with E-state index in [0.29, 0.717) is 11.3 Å². The van der Waals surface area contributed by atoms with Crippen molar-refractivity contribution in [3.05, 3.63) is 107 Å². The SMILES string of the molecule is COC(=O)c1ccc(C(=Cc2cc[n+](C)c3ccccc23)C=C2Sc3ccc(S(=O)(=O)NCCCS(=O)(=O)O)cc3N2C)cc1. The van der Waals surface area contributed by atoms with Gasteiger partial charge in [0.25, 0.3) is 10.1 Å². The zero-order valence-electron chi connectivity index (χ0n) is 24.8. The van der Waals surface area contributed by atoms with E-state index in [0.717, 1.165) is 37.5 Å². The molecule has 0 aliphatic carbocycles. The lowest BCUT2D eigenvalue weighted by molar-refractivity contribution is -0.644. The Morgan fingerprint density at radius 3 is 2.44 bits per heavy atom. The Hall–Kier alpha value is -4.01. The minimum absolute atomic E-state index is 0.0413. The molecule has 10 nitrogen and oxygen atoms in total. The number of aryl methyl sites for hydroxylation is 1. The van der Waals surface area contributed by atoms with Gasteiger partial charge in [-0.3, -0.25) is 4.55 Å². The van der Waals surface area contributed by atoms with Crippen LogP contribution in [0.25, 0.3) is 22.6 Å². The number of fused-ring (bicyclic) bond motifs is 2. The van der Waals surface area contributed by atoms with Gasteiger partial charge >= 0.3 is 5.97 Å². The Kier molecular flexibility index (Phi) is 9.46. The number of nitrogens with zero attached hydrogens (tertiary/aromatic N) is 2. The number of ether oxygens (including phenoxy) is 1. The molecule has 5 rings (SSSR count). The van der Waals surface area contributed by atoms with Gasteiger partial charge in [-0.15, -0.1) is 0 Å². The Bertz CT molecular complexity index is 2060. The summed E-state index contributed by atoms with van der Waals surface area (Å²) in [6, 6.07) is 22.2. The summed E-state index contributed by atoms with van der Waals surface area (Å²) in [7, 11) is -2.90. The number of anilines is 1. The van der Waals surface area contributed by atoms with E-state index in [2.05, 4.69) is 27.5 Å². The van der Waals surface area contributed by atoms with Crippen LogP contribution < -0.4 is 14.2 Å². The second-order valence-electron chi connectivity index (χ2n) is 10.4. The molecule has 234 valence electrons. The second-order valence-corrected chi connectivity index (χ2v) is 14.8. The number of allylic oxidation sites excluding steroid dienone is 2. The van der Waals surface area contributed by atoms with E-state index in [1.54, 1.807) is 24.3 Å². The number of aromatic nitrogens is 1. The largest absolute Gasteiger partial charge is 0.465 e. The maximum atomic E-state index is 12.9. The maximum absolute atomic E-state index is 12.9. The smallest absolute Gasteiger partial charge is 0.337 e. The first-order valence-electron chi connectivity index (χ1n) is 13.9. The molecule has 1 aliphatic heterocycles. The fraction of sp³-hybridized carbons (Fsp3) is 0.188. The third kappa shape index (κ3) is 7.45. The summed E-state index contributed by atoms with van der Waals surface area (Å²) in [5.41, 5.74) is 4.95. The molecule has 0 spiro atoms. The lowest BCUT2D eigenvalue weighted by Crippen LogP contribution is -2.28. The van der Waals surface area contributed by atoms with Crippen LogP contribution in [0, 0.1) is 0 Å². The summed E-state index contributed by atoms with van der Waals surface area (Å²) in [6.07, 6.45) is 6.06. The van der Waals surface area contributed by atoms with Crippen LogP contribution in [0.2, 0.25) is 0 Å². The van der Waals surface area contributed by atoms with Gasteiger partial charge < -0.3 is 9.64 Å². The van der Waals surface area contributed by atoms with E-state index >= 15 is 0 Å². The highest BCUT2D eigenvalue weighted by atomic mass is 32.2. The number of hydrogen-bond acceptors (Lipinski definition) is 8. The van der Waals surface area contributed by atoms with Crippen molar-refractivity contribution in [1.82, 2.24) is 4.72 Å². The van der Waals surface area contributed by atoms with Gasteiger partial charge in [0.05, 0.1) is 39.4 Å². The lowest BCUT2D eigenvalue weighted by atomic mass is 9.99. The molecule has 13 heteroatoms. The van der Waals surface area contributed by atoms with E-state index in [-0.39, 0.29) is 17.9 Å². The van der Waals surface area contributed by atoms with Gasteiger partial charge in [0, 0.05) is 30.6 Å². The Morgan fingerprint density at radius 1 is 1.02 bits per heavy atom. The maximum Gasteiger partial charge on any atom is 0.337 e. The third-order valence-electron chi connectivity index (χ3n) is 7.32. The molecule has 0 unspecified atom stereocenters. The highest BCUT2D eigenvalue weighted by molar-refractivity contribution is 8.03. The quantitative estimate of drug-likeness (QED) is 0.108. The fourth-order valence-electron chi connectivity index (χ4n) is 4.92. The summed E-state index contributed by atoms with van der Waals surface area (Å²) in [5, 5.41) is 1.92. The van der Waals surface area contributed by atoms with E-state index in [9.17, 15) is 21.6 Å². The van der Waals surface area contributed by atoms with Crippen LogP contribution in [0.1, 0.15) is 27.9 Å². The van der Waals surface area contributed by atoms with E-state index < -0.39 is 31.9 Å². The van der Waals surface area contributed by atoms with Crippen molar-refractivity contribution in [1.29, 1.82) is 0 Å². The molecule has 0 saturated carbocycles. The normalized spacial score (nSPS) is 14.6. The Labute approximate surface area is 266 Å². The van der Waals surface area contributed by atoms with Crippen molar-refractivity contribution < 1.29 is 35.5 Å². The third-order valence-corrected chi connectivity index (χ3v) is 10.7. The van der Waals surface area contributed by atoms with Crippen LogP contribution in [-0.4, -0.2) is 53.8 Å². The molecule has 1 aromatic heterocycles. The van der Waals surface area contributed by atoms with Gasteiger partial charge in [0.1, 0.15) is 7.05 Å². The van der Waals surface area contributed by atoms with Crippen LogP contribution in [0.15, 0.2) is 99.9 Å². The van der Waals surface area contributed by atoms with Gasteiger partial charge in [-0.1, -0.05) is 36.0 Å². The van der Waals surface area contributed by atoms with Crippen molar-refractivity contribution in [2.75, 3.05) is 31.4 Å². The summed E-state index contributed by atoms with van der Waals surface area (Å²) < 4.78 is 66.0. The summed E-state index contributed by atoms with van der Waals surface area (Å²) in [5.74, 6) is -0.960. The number of hydrogen-bond donors (Lipinski definition) is 2. The molecular weight excluding hydrogens is 635 g/mol. The molecule has 2 N–H and O–H groups in total. The first-order valence-corrected chi connectivity index (χ1v) is 17.8. The number of sulfonamides is 1. The van der Waals surface area contributed by atoms with Crippen molar-refractivity contribution >= 4 is 66.1 Å². The number of benzene rings is 3.